The highest BCUT2D eigenvalue weighted by atomic mass is 32.1. The fourth-order valence-corrected chi connectivity index (χ4v) is 1.56. The first kappa shape index (κ1) is 10.9. The number of aromatic nitrogens is 1. The van der Waals surface area contributed by atoms with Crippen LogP contribution in [0.5, 0.6) is 0 Å². The van der Waals surface area contributed by atoms with E-state index in [-0.39, 0.29) is 10.5 Å². The van der Waals surface area contributed by atoms with Gasteiger partial charge >= 0.3 is 5.00 Å². The normalized spacial score (nSPS) is 11.4. The molecule has 0 bridgehead atoms. The summed E-state index contributed by atoms with van der Waals surface area (Å²) in [4.78, 5) is 13.8. The van der Waals surface area contributed by atoms with E-state index in [1.165, 1.54) is 6.20 Å². The molecule has 1 aromatic heterocycles. The van der Waals surface area contributed by atoms with Crippen molar-refractivity contribution in [3.63, 3.8) is 0 Å². The van der Waals surface area contributed by atoms with Crippen LogP contribution < -0.4 is 11.1 Å². The van der Waals surface area contributed by atoms with Gasteiger partial charge in [0, 0.05) is 12.1 Å². The van der Waals surface area contributed by atoms with Gasteiger partial charge in [-0.15, -0.1) is 0 Å². The number of thiazole rings is 1. The smallest absolute Gasteiger partial charge is 0.345 e. The molecule has 1 heterocycles. The van der Waals surface area contributed by atoms with Gasteiger partial charge in [-0.25, -0.2) is 4.98 Å². The maximum absolute atomic E-state index is 10.4. The highest BCUT2D eigenvalue weighted by Crippen LogP contribution is 2.26. The molecule has 0 atom stereocenters. The van der Waals surface area contributed by atoms with E-state index in [1.807, 2.05) is 13.8 Å². The van der Waals surface area contributed by atoms with Crippen LogP contribution in [0.1, 0.15) is 13.8 Å². The monoisotopic (exact) mass is 216 g/mol. The summed E-state index contributed by atoms with van der Waals surface area (Å²) in [6.45, 7) is 4.24. The lowest BCUT2D eigenvalue weighted by atomic mass is 10.1. The summed E-state index contributed by atoms with van der Waals surface area (Å²) < 4.78 is 0. The van der Waals surface area contributed by atoms with E-state index in [0.29, 0.717) is 11.7 Å². The molecule has 0 aliphatic heterocycles. The Bertz CT molecular complexity index is 336. The molecule has 0 aromatic carbocycles. The third-order valence-electron chi connectivity index (χ3n) is 1.63. The average molecular weight is 216 g/mol. The lowest BCUT2D eigenvalue weighted by molar-refractivity contribution is -0.380. The van der Waals surface area contributed by atoms with Crippen molar-refractivity contribution in [2.75, 3.05) is 11.9 Å². The number of hydrogen-bond donors (Lipinski definition) is 2. The first-order chi connectivity index (χ1) is 6.44. The Morgan fingerprint density at radius 3 is 2.86 bits per heavy atom. The van der Waals surface area contributed by atoms with Crippen molar-refractivity contribution < 1.29 is 4.92 Å². The number of rotatable bonds is 4. The SMILES string of the molecule is CC(C)(CN)Nc1ncc([N+](=O)[O-])s1. The third kappa shape index (κ3) is 2.64. The summed E-state index contributed by atoms with van der Waals surface area (Å²) in [5.41, 5.74) is 5.20. The minimum absolute atomic E-state index is 0.0281. The van der Waals surface area contributed by atoms with Gasteiger partial charge in [0.1, 0.15) is 6.20 Å². The van der Waals surface area contributed by atoms with Crippen LogP contribution in [0.2, 0.25) is 0 Å². The van der Waals surface area contributed by atoms with Crippen LogP contribution in [-0.4, -0.2) is 22.0 Å². The molecule has 0 radical (unpaired) electrons. The zero-order valence-corrected chi connectivity index (χ0v) is 8.80. The van der Waals surface area contributed by atoms with Gasteiger partial charge in [0.2, 0.25) is 0 Å². The molecule has 0 aliphatic carbocycles. The second-order valence-corrected chi connectivity index (χ2v) is 4.48. The fourth-order valence-electron chi connectivity index (χ4n) is 0.748. The second kappa shape index (κ2) is 3.89. The Hall–Kier alpha value is -1.21. The Balaban J connectivity index is 2.73. The molecule has 6 nitrogen and oxygen atoms in total. The van der Waals surface area contributed by atoms with Crippen LogP contribution in [0, 0.1) is 10.1 Å². The van der Waals surface area contributed by atoms with Crippen molar-refractivity contribution in [2.45, 2.75) is 19.4 Å². The van der Waals surface area contributed by atoms with Crippen LogP contribution in [0.25, 0.3) is 0 Å². The number of nitrogens with one attached hydrogen (secondary N) is 1. The second-order valence-electron chi connectivity index (χ2n) is 3.47. The van der Waals surface area contributed by atoms with E-state index in [2.05, 4.69) is 10.3 Å². The lowest BCUT2D eigenvalue weighted by Gasteiger charge is -2.23. The predicted octanol–water partition coefficient (Wildman–Crippen LogP) is 1.20. The predicted molar refractivity (Wildman–Crippen MR) is 55.5 cm³/mol. The van der Waals surface area contributed by atoms with E-state index in [0.717, 1.165) is 11.3 Å². The zero-order valence-electron chi connectivity index (χ0n) is 7.98. The third-order valence-corrected chi connectivity index (χ3v) is 2.49. The number of anilines is 1. The lowest BCUT2D eigenvalue weighted by Crippen LogP contribution is -2.39. The molecule has 78 valence electrons. The van der Waals surface area contributed by atoms with E-state index < -0.39 is 4.92 Å². The largest absolute Gasteiger partial charge is 0.355 e. The van der Waals surface area contributed by atoms with Crippen molar-refractivity contribution in [3.8, 4) is 0 Å². The average Bonchev–Trinajstić information content (AvgIpc) is 2.52. The molecular formula is C7H12N4O2S. The highest BCUT2D eigenvalue weighted by Gasteiger charge is 2.19. The number of nitrogens with two attached hydrogens (primary N) is 1. The summed E-state index contributed by atoms with van der Waals surface area (Å²) in [6.07, 6.45) is 1.24. The quantitative estimate of drug-likeness (QED) is 0.582. The first-order valence-electron chi connectivity index (χ1n) is 4.03. The Labute approximate surface area is 85.3 Å². The van der Waals surface area contributed by atoms with Crippen molar-refractivity contribution in [2.24, 2.45) is 5.73 Å². The highest BCUT2D eigenvalue weighted by molar-refractivity contribution is 7.18. The summed E-state index contributed by atoms with van der Waals surface area (Å²) in [5, 5.41) is 13.9. The number of nitrogens with zero attached hydrogens (tertiary/aromatic N) is 2. The molecular weight excluding hydrogens is 204 g/mol. The number of nitro groups is 1. The van der Waals surface area contributed by atoms with Crippen LogP contribution in [0.15, 0.2) is 6.20 Å². The summed E-state index contributed by atoms with van der Waals surface area (Å²) >= 11 is 1.01. The van der Waals surface area contributed by atoms with Gasteiger partial charge in [0.25, 0.3) is 0 Å². The van der Waals surface area contributed by atoms with Gasteiger partial charge < -0.3 is 11.1 Å². The van der Waals surface area contributed by atoms with Gasteiger partial charge in [-0.1, -0.05) is 0 Å². The van der Waals surface area contributed by atoms with Gasteiger partial charge in [0.05, 0.1) is 4.92 Å². The van der Waals surface area contributed by atoms with E-state index in [1.54, 1.807) is 0 Å². The van der Waals surface area contributed by atoms with Crippen LogP contribution in [-0.2, 0) is 0 Å². The van der Waals surface area contributed by atoms with Gasteiger partial charge in [0.15, 0.2) is 5.13 Å². The van der Waals surface area contributed by atoms with Crippen LogP contribution in [0.4, 0.5) is 10.1 Å². The molecule has 14 heavy (non-hydrogen) atoms. The Morgan fingerprint density at radius 2 is 2.43 bits per heavy atom. The van der Waals surface area contributed by atoms with Crippen LogP contribution in [0.3, 0.4) is 0 Å². The molecule has 0 saturated carbocycles. The Morgan fingerprint density at radius 1 is 1.79 bits per heavy atom. The van der Waals surface area contributed by atoms with Crippen molar-refractivity contribution in [1.82, 2.24) is 4.98 Å². The maximum Gasteiger partial charge on any atom is 0.345 e. The molecule has 0 saturated heterocycles. The van der Waals surface area contributed by atoms with Crippen molar-refractivity contribution in [3.05, 3.63) is 16.3 Å². The molecule has 3 N–H and O–H groups in total. The van der Waals surface area contributed by atoms with Crippen molar-refractivity contribution >= 4 is 21.5 Å². The van der Waals surface area contributed by atoms with E-state index in [9.17, 15) is 10.1 Å². The molecule has 7 heteroatoms. The standard InChI is InChI=1S/C7H12N4O2S/c1-7(2,4-8)10-6-9-3-5(14-6)11(12)13/h3H,4,8H2,1-2H3,(H,9,10). The Kier molecular flexibility index (Phi) is 3.02. The zero-order chi connectivity index (χ0) is 10.8. The minimum atomic E-state index is -0.460. The van der Waals surface area contributed by atoms with Gasteiger partial charge in [-0.3, -0.25) is 10.1 Å². The molecule has 1 aromatic rings. The van der Waals surface area contributed by atoms with Crippen LogP contribution >= 0.6 is 11.3 Å². The topological polar surface area (TPSA) is 94.1 Å². The summed E-state index contributed by atoms with van der Waals surface area (Å²) in [7, 11) is 0. The number of hydrogen-bond acceptors (Lipinski definition) is 6. The summed E-state index contributed by atoms with van der Waals surface area (Å²) in [5.74, 6) is 0. The van der Waals surface area contributed by atoms with Crippen molar-refractivity contribution in [1.29, 1.82) is 0 Å². The van der Waals surface area contributed by atoms with E-state index in [4.69, 9.17) is 5.73 Å². The first-order valence-corrected chi connectivity index (χ1v) is 4.85. The molecule has 0 fully saturated rings. The van der Waals surface area contributed by atoms with Gasteiger partial charge in [-0.05, 0) is 25.2 Å². The molecule has 0 amide bonds. The summed E-state index contributed by atoms with van der Waals surface area (Å²) in [6, 6.07) is 0. The molecule has 0 aliphatic rings. The molecule has 0 spiro atoms. The maximum atomic E-state index is 10.4. The fraction of sp³-hybridized carbons (Fsp3) is 0.571. The van der Waals surface area contributed by atoms with E-state index >= 15 is 0 Å². The minimum Gasteiger partial charge on any atom is -0.355 e. The molecule has 1 rings (SSSR count). The van der Waals surface area contributed by atoms with Gasteiger partial charge in [-0.2, -0.15) is 0 Å². The molecule has 0 unspecified atom stereocenters.